The highest BCUT2D eigenvalue weighted by Crippen LogP contribution is 2.16. The molecule has 0 aromatic heterocycles. The van der Waals surface area contributed by atoms with Crippen LogP contribution in [0.25, 0.3) is 0 Å². The van der Waals surface area contributed by atoms with Gasteiger partial charge in [-0.1, -0.05) is 46.0 Å². The lowest BCUT2D eigenvalue weighted by Gasteiger charge is -2.37. The Bertz CT molecular complexity index is 174. The molecule has 1 aliphatic heterocycles. The van der Waals surface area contributed by atoms with Gasteiger partial charge >= 0.3 is 0 Å². The Morgan fingerprint density at radius 3 is 2.12 bits per heavy atom. The molecule has 0 N–H and O–H groups in total. The van der Waals surface area contributed by atoms with Gasteiger partial charge in [0.15, 0.2) is 0 Å². The highest BCUT2D eigenvalue weighted by Gasteiger charge is 2.20. The fourth-order valence-corrected chi connectivity index (χ4v) is 2.82. The summed E-state index contributed by atoms with van der Waals surface area (Å²) in [5, 5.41) is 0. The topological polar surface area (TPSA) is 6.48 Å². The molecule has 1 fully saturated rings. The molecule has 0 bridgehead atoms. The average molecular weight is 240 g/mol. The summed E-state index contributed by atoms with van der Waals surface area (Å²) in [6.07, 6.45) is 9.85. The third-order valence-corrected chi connectivity index (χ3v) is 4.17. The number of piperazine rings is 1. The van der Waals surface area contributed by atoms with Gasteiger partial charge in [-0.05, 0) is 19.9 Å². The van der Waals surface area contributed by atoms with Crippen molar-refractivity contribution < 1.29 is 0 Å². The van der Waals surface area contributed by atoms with Crippen LogP contribution < -0.4 is 0 Å². The summed E-state index contributed by atoms with van der Waals surface area (Å²) in [6.45, 7) is 9.72. The van der Waals surface area contributed by atoms with E-state index in [0.717, 1.165) is 6.04 Å². The van der Waals surface area contributed by atoms with Crippen LogP contribution in [0.4, 0.5) is 0 Å². The second kappa shape index (κ2) is 8.93. The summed E-state index contributed by atoms with van der Waals surface area (Å²) in [5.41, 5.74) is 0. The molecule has 1 aliphatic rings. The van der Waals surface area contributed by atoms with Crippen LogP contribution in [0.1, 0.15) is 58.8 Å². The van der Waals surface area contributed by atoms with E-state index in [9.17, 15) is 0 Å². The molecule has 0 radical (unpaired) electrons. The zero-order valence-corrected chi connectivity index (χ0v) is 12.2. The van der Waals surface area contributed by atoms with Crippen molar-refractivity contribution in [2.45, 2.75) is 64.8 Å². The Hall–Kier alpha value is -0.0800. The molecule has 1 saturated heterocycles. The molecule has 17 heavy (non-hydrogen) atoms. The van der Waals surface area contributed by atoms with E-state index in [2.05, 4.69) is 30.7 Å². The van der Waals surface area contributed by atoms with Crippen molar-refractivity contribution in [2.24, 2.45) is 0 Å². The van der Waals surface area contributed by atoms with E-state index in [1.165, 1.54) is 71.1 Å². The van der Waals surface area contributed by atoms with E-state index in [1.807, 2.05) is 0 Å². The molecule has 0 aromatic carbocycles. The molecule has 0 saturated carbocycles. The number of hydrogen-bond acceptors (Lipinski definition) is 2. The predicted molar refractivity (Wildman–Crippen MR) is 76.5 cm³/mol. The highest BCUT2D eigenvalue weighted by molar-refractivity contribution is 4.76. The zero-order valence-electron chi connectivity index (χ0n) is 12.2. The smallest absolute Gasteiger partial charge is 0.0113 e. The lowest BCUT2D eigenvalue weighted by Crippen LogP contribution is -2.48. The van der Waals surface area contributed by atoms with Crippen molar-refractivity contribution in [3.63, 3.8) is 0 Å². The van der Waals surface area contributed by atoms with Crippen molar-refractivity contribution in [2.75, 3.05) is 33.2 Å². The zero-order chi connectivity index (χ0) is 12.5. The van der Waals surface area contributed by atoms with Gasteiger partial charge in [0.1, 0.15) is 0 Å². The first-order valence-electron chi connectivity index (χ1n) is 7.70. The Kier molecular flexibility index (Phi) is 7.87. The molecule has 2 nitrogen and oxygen atoms in total. The van der Waals surface area contributed by atoms with Gasteiger partial charge < -0.3 is 4.90 Å². The number of nitrogens with zero attached hydrogens (tertiary/aromatic N) is 2. The minimum absolute atomic E-state index is 0.852. The molecule has 0 aromatic rings. The molecule has 0 amide bonds. The quantitative estimate of drug-likeness (QED) is 0.600. The Morgan fingerprint density at radius 2 is 1.53 bits per heavy atom. The summed E-state index contributed by atoms with van der Waals surface area (Å²) >= 11 is 0. The average Bonchev–Trinajstić information content (AvgIpc) is 2.35. The second-order valence-corrected chi connectivity index (χ2v) is 5.60. The second-order valence-electron chi connectivity index (χ2n) is 5.60. The molecule has 1 rings (SSSR count). The van der Waals surface area contributed by atoms with E-state index in [4.69, 9.17) is 0 Å². The van der Waals surface area contributed by atoms with E-state index in [0.29, 0.717) is 0 Å². The summed E-state index contributed by atoms with van der Waals surface area (Å²) < 4.78 is 0. The maximum absolute atomic E-state index is 2.72. The molecule has 102 valence electrons. The SMILES string of the molecule is CCCCCCCC(CC)N1CCN(C)CC1. The fraction of sp³-hybridized carbons (Fsp3) is 1.00. The molecule has 1 atom stereocenters. The van der Waals surface area contributed by atoms with Crippen molar-refractivity contribution >= 4 is 0 Å². The van der Waals surface area contributed by atoms with Crippen LogP contribution in [-0.4, -0.2) is 49.1 Å². The van der Waals surface area contributed by atoms with Gasteiger partial charge in [0, 0.05) is 32.2 Å². The van der Waals surface area contributed by atoms with Crippen LogP contribution >= 0.6 is 0 Å². The van der Waals surface area contributed by atoms with E-state index in [1.54, 1.807) is 0 Å². The summed E-state index contributed by atoms with van der Waals surface area (Å²) in [4.78, 5) is 5.17. The number of hydrogen-bond donors (Lipinski definition) is 0. The molecule has 0 aliphatic carbocycles. The molecule has 1 heterocycles. The van der Waals surface area contributed by atoms with Crippen LogP contribution in [0.5, 0.6) is 0 Å². The van der Waals surface area contributed by atoms with Crippen molar-refractivity contribution in [3.8, 4) is 0 Å². The van der Waals surface area contributed by atoms with Gasteiger partial charge in [-0.25, -0.2) is 0 Å². The van der Waals surface area contributed by atoms with E-state index >= 15 is 0 Å². The van der Waals surface area contributed by atoms with Crippen LogP contribution in [0.2, 0.25) is 0 Å². The monoisotopic (exact) mass is 240 g/mol. The first-order valence-corrected chi connectivity index (χ1v) is 7.70. The van der Waals surface area contributed by atoms with Gasteiger partial charge in [-0.15, -0.1) is 0 Å². The summed E-state index contributed by atoms with van der Waals surface area (Å²) in [5.74, 6) is 0. The number of rotatable bonds is 8. The molecule has 1 unspecified atom stereocenters. The van der Waals surface area contributed by atoms with Crippen molar-refractivity contribution in [1.29, 1.82) is 0 Å². The Morgan fingerprint density at radius 1 is 0.882 bits per heavy atom. The van der Waals surface area contributed by atoms with Gasteiger partial charge in [-0.2, -0.15) is 0 Å². The van der Waals surface area contributed by atoms with E-state index < -0.39 is 0 Å². The van der Waals surface area contributed by atoms with Gasteiger partial charge in [-0.3, -0.25) is 4.90 Å². The predicted octanol–water partition coefficient (Wildman–Crippen LogP) is 3.37. The summed E-state index contributed by atoms with van der Waals surface area (Å²) in [7, 11) is 2.24. The normalized spacial score (nSPS) is 20.6. The van der Waals surface area contributed by atoms with Gasteiger partial charge in [0.25, 0.3) is 0 Å². The Balaban J connectivity index is 2.14. The highest BCUT2D eigenvalue weighted by atomic mass is 15.3. The van der Waals surface area contributed by atoms with Gasteiger partial charge in [0.2, 0.25) is 0 Å². The third-order valence-electron chi connectivity index (χ3n) is 4.17. The summed E-state index contributed by atoms with van der Waals surface area (Å²) in [6, 6.07) is 0.852. The molecular formula is C15H32N2. The third kappa shape index (κ3) is 5.87. The first-order chi connectivity index (χ1) is 8.27. The van der Waals surface area contributed by atoms with Crippen LogP contribution in [-0.2, 0) is 0 Å². The van der Waals surface area contributed by atoms with E-state index in [-0.39, 0.29) is 0 Å². The molecule has 0 spiro atoms. The first kappa shape index (κ1) is 15.0. The van der Waals surface area contributed by atoms with Crippen LogP contribution in [0.3, 0.4) is 0 Å². The van der Waals surface area contributed by atoms with Crippen molar-refractivity contribution in [3.05, 3.63) is 0 Å². The van der Waals surface area contributed by atoms with Crippen molar-refractivity contribution in [1.82, 2.24) is 9.80 Å². The molecular weight excluding hydrogens is 208 g/mol. The largest absolute Gasteiger partial charge is 0.304 e. The Labute approximate surface area is 108 Å². The standard InChI is InChI=1S/C15H32N2/c1-4-6-7-8-9-10-15(5-2)17-13-11-16(3)12-14-17/h15H,4-14H2,1-3H3. The maximum Gasteiger partial charge on any atom is 0.0113 e. The van der Waals surface area contributed by atoms with Crippen LogP contribution in [0.15, 0.2) is 0 Å². The fourth-order valence-electron chi connectivity index (χ4n) is 2.82. The lowest BCUT2D eigenvalue weighted by molar-refractivity contribution is 0.103. The maximum atomic E-state index is 2.72. The minimum atomic E-state index is 0.852. The molecule has 2 heteroatoms. The minimum Gasteiger partial charge on any atom is -0.304 e. The van der Waals surface area contributed by atoms with Crippen LogP contribution in [0, 0.1) is 0 Å². The number of unbranched alkanes of at least 4 members (excludes halogenated alkanes) is 4. The number of likely N-dealkylation sites (N-methyl/N-ethyl adjacent to an activating group) is 1. The lowest BCUT2D eigenvalue weighted by atomic mass is 10.0. The van der Waals surface area contributed by atoms with Gasteiger partial charge in [0.05, 0.1) is 0 Å².